The SMILES string of the molecule is CC(=O)O[C@@H]1[C@@H](OC(C)=O)[C@H](O[C@H]2CC[C@]34C[C@]35C=C[C@]3(C)[C@H]6[C@H](C)C[C@]7(OC(=O)[C@@]8(C)O[C@@H]78)O[C@H]6C[C@@]3(C)[C@@H]5CC[C@H]4C2(C)C)OC[C@H]1OC(C)=O. The van der Waals surface area contributed by atoms with Crippen molar-refractivity contribution in [2.45, 2.75) is 162 Å². The molecule has 0 radical (unpaired) electrons. The zero-order valence-corrected chi connectivity index (χ0v) is 32.6. The molecule has 9 rings (SSSR count). The Morgan fingerprint density at radius 3 is 2.15 bits per heavy atom. The van der Waals surface area contributed by atoms with E-state index in [4.69, 9.17) is 37.9 Å². The van der Waals surface area contributed by atoms with Gasteiger partial charge in [-0.2, -0.15) is 0 Å². The molecule has 5 aliphatic carbocycles. The molecule has 0 unspecified atom stereocenters. The number of esters is 4. The third-order valence-electron chi connectivity index (χ3n) is 16.5. The molecule has 0 amide bonds. The molecule has 53 heavy (non-hydrogen) atoms. The van der Waals surface area contributed by atoms with E-state index >= 15 is 0 Å². The number of carbonyl (C=O) groups is 4. The predicted octanol–water partition coefficient (Wildman–Crippen LogP) is 5.18. The summed E-state index contributed by atoms with van der Waals surface area (Å²) in [7, 11) is 0. The maximum Gasteiger partial charge on any atom is 0.343 e. The lowest BCUT2D eigenvalue weighted by atomic mass is 9.44. The summed E-state index contributed by atoms with van der Waals surface area (Å²) < 4.78 is 48.6. The van der Waals surface area contributed by atoms with Crippen LogP contribution in [0.4, 0.5) is 0 Å². The lowest BCUT2D eigenvalue weighted by Crippen LogP contribution is -2.61. The molecule has 4 saturated carbocycles. The van der Waals surface area contributed by atoms with E-state index in [-0.39, 0.29) is 58.0 Å². The highest BCUT2D eigenvalue weighted by Gasteiger charge is 2.84. The zero-order chi connectivity index (χ0) is 37.9. The molecule has 9 aliphatic rings. The van der Waals surface area contributed by atoms with Crippen LogP contribution in [0.15, 0.2) is 12.2 Å². The van der Waals surface area contributed by atoms with E-state index in [0.29, 0.717) is 30.1 Å². The number of carbonyl (C=O) groups excluding carboxylic acids is 4. The van der Waals surface area contributed by atoms with Crippen molar-refractivity contribution in [3.05, 3.63) is 12.2 Å². The first-order chi connectivity index (χ1) is 24.8. The maximum absolute atomic E-state index is 12.8. The van der Waals surface area contributed by atoms with E-state index < -0.39 is 53.9 Å². The highest BCUT2D eigenvalue weighted by molar-refractivity contribution is 5.86. The quantitative estimate of drug-likeness (QED) is 0.120. The molecule has 4 heterocycles. The second-order valence-electron chi connectivity index (χ2n) is 19.4. The van der Waals surface area contributed by atoms with E-state index in [9.17, 15) is 19.2 Å². The van der Waals surface area contributed by atoms with Gasteiger partial charge in [-0.25, -0.2) is 4.79 Å². The van der Waals surface area contributed by atoms with Gasteiger partial charge in [0.2, 0.25) is 5.79 Å². The molecular formula is C41H56O12. The number of rotatable bonds is 5. The summed E-state index contributed by atoms with van der Waals surface area (Å²) in [5.74, 6) is -1.49. The van der Waals surface area contributed by atoms with Crippen molar-refractivity contribution in [3.63, 3.8) is 0 Å². The van der Waals surface area contributed by atoms with Crippen molar-refractivity contribution < 1.29 is 57.1 Å². The molecule has 0 aromatic carbocycles. The van der Waals surface area contributed by atoms with E-state index in [1.807, 2.05) is 6.92 Å². The van der Waals surface area contributed by atoms with Crippen LogP contribution >= 0.6 is 0 Å². The first kappa shape index (κ1) is 36.1. The first-order valence-electron chi connectivity index (χ1n) is 19.9. The van der Waals surface area contributed by atoms with Crippen LogP contribution in [-0.4, -0.2) is 84.8 Å². The van der Waals surface area contributed by atoms with Crippen molar-refractivity contribution in [2.24, 2.45) is 50.7 Å². The number of ether oxygens (including phenoxy) is 8. The topological polar surface area (TPSA) is 145 Å². The molecular weight excluding hydrogens is 684 g/mol. The fourth-order valence-corrected chi connectivity index (χ4v) is 14.3. The fourth-order valence-electron chi connectivity index (χ4n) is 14.3. The van der Waals surface area contributed by atoms with Crippen molar-refractivity contribution in [2.75, 3.05) is 6.61 Å². The number of fused-ring (bicyclic) bond motifs is 6. The van der Waals surface area contributed by atoms with Crippen molar-refractivity contribution in [1.82, 2.24) is 0 Å². The van der Waals surface area contributed by atoms with Crippen LogP contribution in [0.25, 0.3) is 0 Å². The Bertz CT molecular complexity index is 1670. The lowest BCUT2D eigenvalue weighted by Gasteiger charge is -2.61. The summed E-state index contributed by atoms with van der Waals surface area (Å²) in [5.41, 5.74) is -0.911. The van der Waals surface area contributed by atoms with Crippen LogP contribution in [0.2, 0.25) is 0 Å². The minimum Gasteiger partial charge on any atom is -0.456 e. The van der Waals surface area contributed by atoms with Crippen LogP contribution in [0.3, 0.4) is 0 Å². The number of hydrogen-bond donors (Lipinski definition) is 0. The predicted molar refractivity (Wildman–Crippen MR) is 184 cm³/mol. The number of hydrogen-bond acceptors (Lipinski definition) is 12. The van der Waals surface area contributed by atoms with Crippen LogP contribution in [0.1, 0.15) is 107 Å². The molecule has 0 aromatic rings. The normalized spacial score (nSPS) is 54.9. The minimum absolute atomic E-state index is 0.0105. The molecule has 8 fully saturated rings. The van der Waals surface area contributed by atoms with Gasteiger partial charge in [-0.1, -0.05) is 46.8 Å². The summed E-state index contributed by atoms with van der Waals surface area (Å²) in [6, 6.07) is 0. The van der Waals surface area contributed by atoms with Gasteiger partial charge in [0.15, 0.2) is 36.3 Å². The van der Waals surface area contributed by atoms with Crippen molar-refractivity contribution >= 4 is 23.9 Å². The number of allylic oxidation sites excluding steroid dienone is 2. The van der Waals surface area contributed by atoms with Gasteiger partial charge in [-0.3, -0.25) is 14.4 Å². The van der Waals surface area contributed by atoms with Gasteiger partial charge in [0.1, 0.15) is 0 Å². The largest absolute Gasteiger partial charge is 0.456 e. The highest BCUT2D eigenvalue weighted by atomic mass is 16.8. The molecule has 3 spiro atoms. The zero-order valence-electron chi connectivity index (χ0n) is 32.6. The van der Waals surface area contributed by atoms with Gasteiger partial charge < -0.3 is 37.9 Å². The third-order valence-corrected chi connectivity index (χ3v) is 16.5. The summed E-state index contributed by atoms with van der Waals surface area (Å²) in [5, 5.41) is 0. The second-order valence-corrected chi connectivity index (χ2v) is 19.4. The summed E-state index contributed by atoms with van der Waals surface area (Å²) in [6.07, 6.45) is 7.25. The van der Waals surface area contributed by atoms with E-state index in [1.165, 1.54) is 20.8 Å². The average Bonchev–Trinajstić information content (AvgIpc) is 3.90. The van der Waals surface area contributed by atoms with Crippen molar-refractivity contribution in [3.8, 4) is 0 Å². The molecule has 17 atom stereocenters. The Kier molecular flexibility index (Phi) is 7.54. The molecule has 0 bridgehead atoms. The van der Waals surface area contributed by atoms with Crippen LogP contribution in [0, 0.1) is 50.7 Å². The van der Waals surface area contributed by atoms with Gasteiger partial charge in [0, 0.05) is 27.2 Å². The average molecular weight is 741 g/mol. The number of epoxide rings is 1. The standard InChI is InChI=1S/C41H56O12/c1-20-16-41(33-38(9,52-33)34(45)53-41)51-24-17-37(8)27-11-10-26-35(5,6)28(12-13-39(26)19-40(27,39)15-14-36(37,7)29(20)24)50-32-31(49-23(4)44)30(48-22(3)43)25(18-46-32)47-21(2)42/h14-15,20,24-33H,10-13,16-19H2,1-9H3/t20-,24+,25-,26+,27+,28+,29+,30+,31-,32+,33-,36-,37+,38+,39-,40+,41-/m1/s1. The second kappa shape index (κ2) is 11.1. The first-order valence-corrected chi connectivity index (χ1v) is 19.9. The summed E-state index contributed by atoms with van der Waals surface area (Å²) in [6.45, 7) is 17.5. The van der Waals surface area contributed by atoms with Crippen LogP contribution < -0.4 is 0 Å². The van der Waals surface area contributed by atoms with E-state index in [1.54, 1.807) is 0 Å². The Hall–Kier alpha value is -2.54. The monoisotopic (exact) mass is 740 g/mol. The molecule has 4 saturated heterocycles. The Morgan fingerprint density at radius 1 is 0.830 bits per heavy atom. The Balaban J connectivity index is 0.961. The van der Waals surface area contributed by atoms with Gasteiger partial charge in [-0.05, 0) is 96.2 Å². The maximum atomic E-state index is 12.8. The van der Waals surface area contributed by atoms with Gasteiger partial charge in [-0.15, -0.1) is 0 Å². The molecule has 292 valence electrons. The molecule has 0 N–H and O–H groups in total. The third kappa shape index (κ3) is 4.61. The van der Waals surface area contributed by atoms with Crippen LogP contribution in [0.5, 0.6) is 0 Å². The van der Waals surface area contributed by atoms with E-state index in [0.717, 1.165) is 38.5 Å². The Labute approximate surface area is 311 Å². The van der Waals surface area contributed by atoms with E-state index in [2.05, 4.69) is 46.8 Å². The van der Waals surface area contributed by atoms with Crippen molar-refractivity contribution in [1.29, 1.82) is 0 Å². The van der Waals surface area contributed by atoms with Gasteiger partial charge in [0.25, 0.3) is 0 Å². The lowest BCUT2D eigenvalue weighted by molar-refractivity contribution is -0.307. The fraction of sp³-hybridized carbons (Fsp3) is 0.854. The Morgan fingerprint density at radius 2 is 1.51 bits per heavy atom. The van der Waals surface area contributed by atoms with Crippen LogP contribution in [-0.2, 0) is 57.1 Å². The van der Waals surface area contributed by atoms with Gasteiger partial charge >= 0.3 is 23.9 Å². The summed E-state index contributed by atoms with van der Waals surface area (Å²) >= 11 is 0. The smallest absolute Gasteiger partial charge is 0.343 e. The molecule has 0 aromatic heterocycles. The highest BCUT2D eigenvalue weighted by Crippen LogP contribution is 2.88. The molecule has 12 heteroatoms. The molecule has 4 aliphatic heterocycles. The van der Waals surface area contributed by atoms with Gasteiger partial charge in [0.05, 0.1) is 18.8 Å². The molecule has 12 nitrogen and oxygen atoms in total. The summed E-state index contributed by atoms with van der Waals surface area (Å²) in [4.78, 5) is 49.2. The minimum atomic E-state index is -1.11.